The zero-order valence-corrected chi connectivity index (χ0v) is 11.9. The maximum Gasteiger partial charge on any atom is 0.438 e. The molecule has 0 spiro atoms. The van der Waals surface area contributed by atoms with Crippen LogP contribution in [-0.2, 0) is 4.79 Å². The molecule has 0 aromatic heterocycles. The summed E-state index contributed by atoms with van der Waals surface area (Å²) in [6, 6.07) is 6.46. The number of hydrazone groups is 1. The molecule has 0 radical (unpaired) electrons. The van der Waals surface area contributed by atoms with Gasteiger partial charge in [0.15, 0.2) is 0 Å². The Labute approximate surface area is 121 Å². The number of nitrogens with zero attached hydrogens (tertiary/aromatic N) is 2. The molecule has 20 heavy (non-hydrogen) atoms. The van der Waals surface area contributed by atoms with Crippen LogP contribution in [0.4, 0.5) is 13.2 Å². The number of alkyl halides is 3. The summed E-state index contributed by atoms with van der Waals surface area (Å²) in [5.74, 6) is -0.977. The first kappa shape index (κ1) is 15.0. The molecule has 2 rings (SSSR count). The molecule has 4 nitrogen and oxygen atoms in total. The first-order valence-electron chi connectivity index (χ1n) is 5.58. The highest BCUT2D eigenvalue weighted by molar-refractivity contribution is 9.10. The van der Waals surface area contributed by atoms with Crippen LogP contribution in [-0.4, -0.2) is 33.6 Å². The third kappa shape index (κ3) is 2.45. The Kier molecular flexibility index (Phi) is 3.64. The number of rotatable bonds is 1. The number of hydrogen-bond donors (Lipinski definition) is 1. The fraction of sp³-hybridized carbons (Fsp3) is 0.333. The van der Waals surface area contributed by atoms with Gasteiger partial charge in [0.1, 0.15) is 0 Å². The van der Waals surface area contributed by atoms with E-state index in [2.05, 4.69) is 21.0 Å². The average Bonchev–Trinajstić information content (AvgIpc) is 2.68. The molecule has 1 aliphatic heterocycles. The third-order valence-electron chi connectivity index (χ3n) is 2.90. The lowest BCUT2D eigenvalue weighted by Gasteiger charge is -2.31. The maximum atomic E-state index is 13.0. The largest absolute Gasteiger partial charge is 0.438 e. The van der Waals surface area contributed by atoms with E-state index in [1.165, 1.54) is 0 Å². The topological polar surface area (TPSA) is 52.9 Å². The first-order chi connectivity index (χ1) is 9.15. The highest BCUT2D eigenvalue weighted by Gasteiger charge is 2.62. The second-order valence-corrected chi connectivity index (χ2v) is 5.29. The summed E-state index contributed by atoms with van der Waals surface area (Å²) in [4.78, 5) is 11.3. The standard InChI is InChI=1S/C12H10BrF3N2O2/c1-7(19)18-11(20,12(14,15)16)6-10(17-18)8-3-2-4-9(13)5-8/h2-5,20H,6H2,1H3. The maximum absolute atomic E-state index is 13.0. The van der Waals surface area contributed by atoms with Crippen molar-refractivity contribution in [2.75, 3.05) is 0 Å². The van der Waals surface area contributed by atoms with Crippen molar-refractivity contribution in [3.8, 4) is 0 Å². The Hall–Kier alpha value is -1.41. The van der Waals surface area contributed by atoms with Crippen LogP contribution >= 0.6 is 15.9 Å². The lowest BCUT2D eigenvalue weighted by molar-refractivity contribution is -0.301. The highest BCUT2D eigenvalue weighted by atomic mass is 79.9. The van der Waals surface area contributed by atoms with Crippen LogP contribution in [0.15, 0.2) is 33.8 Å². The zero-order chi connectivity index (χ0) is 15.1. The molecule has 1 unspecified atom stereocenters. The normalized spacial score (nSPS) is 22.9. The molecule has 1 aromatic carbocycles. The molecule has 0 bridgehead atoms. The Morgan fingerprint density at radius 2 is 2.15 bits per heavy atom. The van der Waals surface area contributed by atoms with Gasteiger partial charge in [-0.15, -0.1) is 0 Å². The second-order valence-electron chi connectivity index (χ2n) is 4.38. The molecule has 108 valence electrons. The minimum absolute atomic E-state index is 0.00123. The lowest BCUT2D eigenvalue weighted by Crippen LogP contribution is -2.56. The number of benzene rings is 1. The minimum Gasteiger partial charge on any atom is -0.362 e. The van der Waals surface area contributed by atoms with Gasteiger partial charge in [0.2, 0.25) is 5.91 Å². The number of carbonyl (C=O) groups is 1. The number of carbonyl (C=O) groups excluding carboxylic acids is 1. The van der Waals surface area contributed by atoms with E-state index in [1.54, 1.807) is 24.3 Å². The molecule has 1 N–H and O–H groups in total. The van der Waals surface area contributed by atoms with E-state index in [1.807, 2.05) is 0 Å². The van der Waals surface area contributed by atoms with Gasteiger partial charge in [0.25, 0.3) is 5.72 Å². The van der Waals surface area contributed by atoms with Gasteiger partial charge in [-0.25, -0.2) is 0 Å². The monoisotopic (exact) mass is 350 g/mol. The van der Waals surface area contributed by atoms with E-state index >= 15 is 0 Å². The van der Waals surface area contributed by atoms with Crippen LogP contribution in [0.5, 0.6) is 0 Å². The molecule has 0 fully saturated rings. The van der Waals surface area contributed by atoms with Crippen molar-refractivity contribution in [1.29, 1.82) is 0 Å². The molecule has 1 atom stereocenters. The Morgan fingerprint density at radius 1 is 1.50 bits per heavy atom. The molecule has 1 amide bonds. The van der Waals surface area contributed by atoms with Crippen LogP contribution < -0.4 is 0 Å². The van der Waals surface area contributed by atoms with Crippen molar-refractivity contribution in [1.82, 2.24) is 5.01 Å². The van der Waals surface area contributed by atoms with E-state index < -0.39 is 24.2 Å². The van der Waals surface area contributed by atoms with Crippen LogP contribution in [0.25, 0.3) is 0 Å². The second kappa shape index (κ2) is 4.85. The van der Waals surface area contributed by atoms with Crippen LogP contribution in [0.1, 0.15) is 18.9 Å². The zero-order valence-electron chi connectivity index (χ0n) is 10.3. The third-order valence-corrected chi connectivity index (χ3v) is 3.39. The van der Waals surface area contributed by atoms with Crippen LogP contribution in [0, 0.1) is 0 Å². The molecule has 1 heterocycles. The quantitative estimate of drug-likeness (QED) is 0.846. The van der Waals surface area contributed by atoms with Crippen molar-refractivity contribution in [3.05, 3.63) is 34.3 Å². The van der Waals surface area contributed by atoms with Crippen molar-refractivity contribution >= 4 is 27.5 Å². The summed E-state index contributed by atoms with van der Waals surface area (Å²) in [6.07, 6.45) is -5.79. The molecule has 0 saturated carbocycles. The summed E-state index contributed by atoms with van der Waals surface area (Å²) in [7, 11) is 0. The summed E-state index contributed by atoms with van der Waals surface area (Å²) in [5, 5.41) is 13.5. The van der Waals surface area contributed by atoms with Gasteiger partial charge in [-0.1, -0.05) is 28.1 Å². The van der Waals surface area contributed by atoms with E-state index in [0.717, 1.165) is 6.92 Å². The van der Waals surface area contributed by atoms with Crippen molar-refractivity contribution in [2.45, 2.75) is 25.2 Å². The average molecular weight is 351 g/mol. The van der Waals surface area contributed by atoms with Crippen molar-refractivity contribution in [2.24, 2.45) is 5.10 Å². The first-order valence-corrected chi connectivity index (χ1v) is 6.38. The molecule has 0 aliphatic carbocycles. The van der Waals surface area contributed by atoms with Gasteiger partial charge in [-0.2, -0.15) is 23.3 Å². The fourth-order valence-corrected chi connectivity index (χ4v) is 2.33. The summed E-state index contributed by atoms with van der Waals surface area (Å²) in [5.41, 5.74) is -2.89. The summed E-state index contributed by atoms with van der Waals surface area (Å²) < 4.78 is 39.7. The Bertz CT molecular complexity index is 588. The van der Waals surface area contributed by atoms with Gasteiger partial charge in [0, 0.05) is 11.4 Å². The molecule has 1 aromatic rings. The van der Waals surface area contributed by atoms with E-state index in [9.17, 15) is 23.1 Å². The minimum atomic E-state index is -4.99. The molecule has 8 heteroatoms. The van der Waals surface area contributed by atoms with E-state index in [0.29, 0.717) is 10.0 Å². The highest BCUT2D eigenvalue weighted by Crippen LogP contribution is 2.41. The molecular weight excluding hydrogens is 341 g/mol. The molecule has 1 aliphatic rings. The summed E-state index contributed by atoms with van der Waals surface area (Å²) in [6.45, 7) is 0.921. The fourth-order valence-electron chi connectivity index (χ4n) is 1.93. The SMILES string of the molecule is CC(=O)N1N=C(c2cccc(Br)c2)CC1(O)C(F)(F)F. The Balaban J connectivity index is 2.45. The van der Waals surface area contributed by atoms with Gasteiger partial charge in [0.05, 0.1) is 12.1 Å². The molecule has 0 saturated heterocycles. The van der Waals surface area contributed by atoms with Crippen molar-refractivity contribution < 1.29 is 23.1 Å². The van der Waals surface area contributed by atoms with E-state index in [-0.39, 0.29) is 10.7 Å². The van der Waals surface area contributed by atoms with Gasteiger partial charge < -0.3 is 5.11 Å². The van der Waals surface area contributed by atoms with Crippen LogP contribution in [0.2, 0.25) is 0 Å². The van der Waals surface area contributed by atoms with Gasteiger partial charge in [-0.05, 0) is 17.7 Å². The van der Waals surface area contributed by atoms with Gasteiger partial charge >= 0.3 is 6.18 Å². The molecular formula is C12H10BrF3N2O2. The summed E-state index contributed by atoms with van der Waals surface area (Å²) >= 11 is 3.20. The smallest absolute Gasteiger partial charge is 0.362 e. The number of halogens is 4. The number of hydrogen-bond acceptors (Lipinski definition) is 3. The number of amides is 1. The number of aliphatic hydroxyl groups is 1. The van der Waals surface area contributed by atoms with Crippen molar-refractivity contribution in [3.63, 3.8) is 0 Å². The Morgan fingerprint density at radius 3 is 2.60 bits per heavy atom. The predicted octanol–water partition coefficient (Wildman–Crippen LogP) is 2.66. The van der Waals surface area contributed by atoms with E-state index in [4.69, 9.17) is 0 Å². The lowest BCUT2D eigenvalue weighted by atomic mass is 10.0. The predicted molar refractivity (Wildman–Crippen MR) is 68.8 cm³/mol. The van der Waals surface area contributed by atoms with Gasteiger partial charge in [-0.3, -0.25) is 4.79 Å². The van der Waals surface area contributed by atoms with Crippen LogP contribution in [0.3, 0.4) is 0 Å².